The molecule has 0 radical (unpaired) electrons. The lowest BCUT2D eigenvalue weighted by molar-refractivity contribution is 0.0228. The molecule has 0 aliphatic rings. The molecule has 72 valence electrons. The molecular formula is C9H13NO2S. The zero-order chi connectivity index (χ0) is 9.84. The van der Waals surface area contributed by atoms with Gasteiger partial charge in [0.2, 0.25) is 0 Å². The second-order valence-corrected chi connectivity index (χ2v) is 3.29. The van der Waals surface area contributed by atoms with Gasteiger partial charge in [-0.05, 0) is 11.6 Å². The molecule has 0 amide bonds. The summed E-state index contributed by atoms with van der Waals surface area (Å²) < 4.78 is 0. The normalized spacial score (nSPS) is 15.4. The van der Waals surface area contributed by atoms with Gasteiger partial charge in [0.15, 0.2) is 0 Å². The van der Waals surface area contributed by atoms with Crippen LogP contribution in [0.1, 0.15) is 11.7 Å². The van der Waals surface area contributed by atoms with Gasteiger partial charge in [-0.2, -0.15) is 0 Å². The molecule has 0 heterocycles. The molecule has 1 aromatic rings. The van der Waals surface area contributed by atoms with Gasteiger partial charge in [-0.25, -0.2) is 0 Å². The number of benzene rings is 1. The van der Waals surface area contributed by atoms with Crippen molar-refractivity contribution < 1.29 is 10.2 Å². The monoisotopic (exact) mass is 199 g/mol. The lowest BCUT2D eigenvalue weighted by Gasteiger charge is -2.17. The van der Waals surface area contributed by atoms with Gasteiger partial charge in [-0.15, -0.1) is 12.6 Å². The first-order valence-corrected chi connectivity index (χ1v) is 4.45. The van der Waals surface area contributed by atoms with E-state index in [2.05, 4.69) is 12.6 Å². The average molecular weight is 199 g/mol. The summed E-state index contributed by atoms with van der Waals surface area (Å²) in [5.74, 6) is 0. The summed E-state index contributed by atoms with van der Waals surface area (Å²) in [6, 6.07) is 7.06. The molecule has 0 aromatic heterocycles. The Morgan fingerprint density at radius 1 is 1.31 bits per heavy atom. The highest BCUT2D eigenvalue weighted by Gasteiger charge is 2.18. The van der Waals surface area contributed by atoms with Crippen LogP contribution in [-0.4, -0.2) is 22.9 Å². The lowest BCUT2D eigenvalue weighted by atomic mass is 10.0. The Morgan fingerprint density at radius 3 is 2.46 bits per heavy atom. The van der Waals surface area contributed by atoms with Crippen molar-refractivity contribution in [3.05, 3.63) is 29.8 Å². The van der Waals surface area contributed by atoms with Gasteiger partial charge >= 0.3 is 0 Å². The molecule has 4 heteroatoms. The maximum atomic E-state index is 9.59. The molecule has 0 saturated carbocycles. The first kappa shape index (κ1) is 10.5. The Bertz CT molecular complexity index is 280. The van der Waals surface area contributed by atoms with E-state index in [0.29, 0.717) is 10.5 Å². The standard InChI is InChI=1S/C9H13NO2S/c10-5-7(11)9(12)6-3-1-2-4-8(6)13/h1-4,7,9,11-13H,5,10H2. The summed E-state index contributed by atoms with van der Waals surface area (Å²) >= 11 is 4.16. The van der Waals surface area contributed by atoms with E-state index < -0.39 is 12.2 Å². The fourth-order valence-corrected chi connectivity index (χ4v) is 1.37. The Hall–Kier alpha value is -0.550. The van der Waals surface area contributed by atoms with Crippen molar-refractivity contribution in [3.63, 3.8) is 0 Å². The second kappa shape index (κ2) is 4.62. The van der Waals surface area contributed by atoms with E-state index >= 15 is 0 Å². The highest BCUT2D eigenvalue weighted by molar-refractivity contribution is 7.80. The van der Waals surface area contributed by atoms with Gasteiger partial charge in [0.25, 0.3) is 0 Å². The van der Waals surface area contributed by atoms with Crippen molar-refractivity contribution in [2.45, 2.75) is 17.1 Å². The van der Waals surface area contributed by atoms with Crippen LogP contribution in [0.2, 0.25) is 0 Å². The van der Waals surface area contributed by atoms with Crippen LogP contribution in [0.4, 0.5) is 0 Å². The summed E-state index contributed by atoms with van der Waals surface area (Å²) in [4.78, 5) is 0.655. The number of rotatable bonds is 3. The first-order chi connectivity index (χ1) is 6.16. The predicted molar refractivity (Wildman–Crippen MR) is 53.7 cm³/mol. The SMILES string of the molecule is NCC(O)C(O)c1ccccc1S. The molecule has 1 aromatic carbocycles. The van der Waals surface area contributed by atoms with Gasteiger partial charge in [0, 0.05) is 11.4 Å². The third-order valence-electron chi connectivity index (χ3n) is 1.86. The smallest absolute Gasteiger partial charge is 0.107 e. The van der Waals surface area contributed by atoms with E-state index in [1.165, 1.54) is 0 Å². The lowest BCUT2D eigenvalue weighted by Crippen LogP contribution is -2.27. The summed E-state index contributed by atoms with van der Waals surface area (Å²) in [5, 5.41) is 18.9. The number of hydrogen-bond donors (Lipinski definition) is 4. The average Bonchev–Trinajstić information content (AvgIpc) is 2.16. The molecule has 1 rings (SSSR count). The number of aliphatic hydroxyl groups excluding tert-OH is 2. The second-order valence-electron chi connectivity index (χ2n) is 2.81. The highest BCUT2D eigenvalue weighted by atomic mass is 32.1. The van der Waals surface area contributed by atoms with Crippen molar-refractivity contribution >= 4 is 12.6 Å². The Kier molecular flexibility index (Phi) is 3.74. The van der Waals surface area contributed by atoms with Crippen LogP contribution in [0.3, 0.4) is 0 Å². The predicted octanol–water partition coefficient (Wildman–Crippen LogP) is 0.328. The molecule has 0 aliphatic carbocycles. The fraction of sp³-hybridized carbons (Fsp3) is 0.333. The Labute approximate surface area is 82.6 Å². The highest BCUT2D eigenvalue weighted by Crippen LogP contribution is 2.23. The maximum absolute atomic E-state index is 9.59. The first-order valence-electron chi connectivity index (χ1n) is 4.01. The molecule has 2 atom stereocenters. The minimum Gasteiger partial charge on any atom is -0.389 e. The summed E-state index contributed by atoms with van der Waals surface area (Å²) in [7, 11) is 0. The van der Waals surface area contributed by atoms with Gasteiger partial charge in [0.05, 0.1) is 6.10 Å². The van der Waals surface area contributed by atoms with Crippen molar-refractivity contribution in [1.82, 2.24) is 0 Å². The molecule has 0 aliphatic heterocycles. The number of hydrogen-bond acceptors (Lipinski definition) is 4. The molecule has 0 bridgehead atoms. The summed E-state index contributed by atoms with van der Waals surface area (Å²) in [6.07, 6.45) is -1.90. The van der Waals surface area contributed by atoms with Crippen molar-refractivity contribution in [3.8, 4) is 0 Å². The molecule has 0 fully saturated rings. The van der Waals surface area contributed by atoms with E-state index in [0.717, 1.165) is 0 Å². The minimum absolute atomic E-state index is 0.0310. The molecule has 13 heavy (non-hydrogen) atoms. The van der Waals surface area contributed by atoms with Crippen molar-refractivity contribution in [2.75, 3.05) is 6.54 Å². The third-order valence-corrected chi connectivity index (χ3v) is 2.27. The maximum Gasteiger partial charge on any atom is 0.107 e. The van der Waals surface area contributed by atoms with Crippen LogP contribution >= 0.6 is 12.6 Å². The summed E-state index contributed by atoms with van der Waals surface area (Å²) in [6.45, 7) is 0.0310. The zero-order valence-electron chi connectivity index (χ0n) is 7.09. The van der Waals surface area contributed by atoms with E-state index in [9.17, 15) is 10.2 Å². The topological polar surface area (TPSA) is 66.5 Å². The summed E-state index contributed by atoms with van der Waals surface area (Å²) in [5.41, 5.74) is 5.83. The van der Waals surface area contributed by atoms with Crippen LogP contribution in [0.25, 0.3) is 0 Å². The van der Waals surface area contributed by atoms with Crippen LogP contribution in [0.15, 0.2) is 29.2 Å². The molecule has 4 N–H and O–H groups in total. The van der Waals surface area contributed by atoms with Crippen molar-refractivity contribution in [2.24, 2.45) is 5.73 Å². The van der Waals surface area contributed by atoms with Gasteiger partial charge < -0.3 is 15.9 Å². The Morgan fingerprint density at radius 2 is 1.92 bits per heavy atom. The molecule has 0 spiro atoms. The van der Waals surface area contributed by atoms with Crippen LogP contribution < -0.4 is 5.73 Å². The van der Waals surface area contributed by atoms with E-state index in [-0.39, 0.29) is 6.54 Å². The Balaban J connectivity index is 2.88. The largest absolute Gasteiger partial charge is 0.389 e. The third kappa shape index (κ3) is 2.45. The molecule has 2 unspecified atom stereocenters. The molecular weight excluding hydrogens is 186 g/mol. The van der Waals surface area contributed by atoms with Gasteiger partial charge in [-0.1, -0.05) is 18.2 Å². The van der Waals surface area contributed by atoms with Gasteiger partial charge in [0.1, 0.15) is 6.10 Å². The fourth-order valence-electron chi connectivity index (χ4n) is 1.07. The molecule has 0 saturated heterocycles. The van der Waals surface area contributed by atoms with Crippen LogP contribution in [0, 0.1) is 0 Å². The van der Waals surface area contributed by atoms with Gasteiger partial charge in [-0.3, -0.25) is 0 Å². The minimum atomic E-state index is -0.960. The van der Waals surface area contributed by atoms with E-state index in [1.54, 1.807) is 18.2 Å². The number of aliphatic hydroxyl groups is 2. The van der Waals surface area contributed by atoms with E-state index in [1.807, 2.05) is 6.07 Å². The molecule has 3 nitrogen and oxygen atoms in total. The van der Waals surface area contributed by atoms with Crippen LogP contribution in [-0.2, 0) is 0 Å². The number of thiol groups is 1. The van der Waals surface area contributed by atoms with Crippen LogP contribution in [0.5, 0.6) is 0 Å². The van der Waals surface area contributed by atoms with E-state index in [4.69, 9.17) is 5.73 Å². The zero-order valence-corrected chi connectivity index (χ0v) is 7.98. The van der Waals surface area contributed by atoms with Crippen molar-refractivity contribution in [1.29, 1.82) is 0 Å². The number of nitrogens with two attached hydrogens (primary N) is 1. The quantitative estimate of drug-likeness (QED) is 0.530.